The fourth-order valence-corrected chi connectivity index (χ4v) is 4.09. The molecule has 3 heterocycles. The van der Waals surface area contributed by atoms with Crippen LogP contribution in [0.3, 0.4) is 0 Å². The van der Waals surface area contributed by atoms with Crippen molar-refractivity contribution >= 4 is 28.4 Å². The Morgan fingerprint density at radius 2 is 1.67 bits per heavy atom. The van der Waals surface area contributed by atoms with E-state index in [9.17, 15) is 9.18 Å². The first-order chi connectivity index (χ1) is 16.2. The normalized spacial score (nSPS) is 14.0. The summed E-state index contributed by atoms with van der Waals surface area (Å²) in [5.41, 5.74) is 2.40. The quantitative estimate of drug-likeness (QED) is 0.492. The maximum absolute atomic E-state index is 13.2. The maximum Gasteiger partial charge on any atom is 0.251 e. The first-order valence-corrected chi connectivity index (χ1v) is 10.9. The number of aromatic nitrogens is 4. The van der Waals surface area contributed by atoms with Gasteiger partial charge in [-0.1, -0.05) is 18.2 Å². The van der Waals surface area contributed by atoms with E-state index in [1.807, 2.05) is 30.3 Å². The first kappa shape index (κ1) is 20.9. The highest BCUT2D eigenvalue weighted by molar-refractivity contribution is 5.94. The van der Waals surface area contributed by atoms with Gasteiger partial charge in [-0.2, -0.15) is 5.10 Å². The van der Waals surface area contributed by atoms with Crippen LogP contribution in [0.15, 0.2) is 67.1 Å². The number of anilines is 2. The molecule has 2 aromatic carbocycles. The molecular weight excluding hydrogens is 421 g/mol. The van der Waals surface area contributed by atoms with Gasteiger partial charge in [0.1, 0.15) is 18.0 Å². The number of nitrogens with zero attached hydrogens (tertiary/aromatic N) is 6. The summed E-state index contributed by atoms with van der Waals surface area (Å²) in [6, 6.07) is 15.7. The third-order valence-corrected chi connectivity index (χ3v) is 5.83. The number of benzene rings is 2. The average Bonchev–Trinajstić information content (AvgIpc) is 3.28. The molecule has 9 heteroatoms. The van der Waals surface area contributed by atoms with Crippen LogP contribution in [0.5, 0.6) is 0 Å². The van der Waals surface area contributed by atoms with Gasteiger partial charge in [-0.25, -0.2) is 19.0 Å². The van der Waals surface area contributed by atoms with Gasteiger partial charge in [-0.05, 0) is 36.4 Å². The molecule has 1 amide bonds. The summed E-state index contributed by atoms with van der Waals surface area (Å²) in [7, 11) is 0. The van der Waals surface area contributed by atoms with E-state index >= 15 is 0 Å². The molecule has 1 fully saturated rings. The molecule has 4 aromatic rings. The summed E-state index contributed by atoms with van der Waals surface area (Å²) < 4.78 is 15.0. The van der Waals surface area contributed by atoms with E-state index in [2.05, 4.69) is 30.2 Å². The zero-order chi connectivity index (χ0) is 22.6. The van der Waals surface area contributed by atoms with Gasteiger partial charge in [0.25, 0.3) is 5.91 Å². The van der Waals surface area contributed by atoms with Crippen LogP contribution in [-0.2, 0) is 6.54 Å². The number of hydrogen-bond donors (Lipinski definition) is 1. The predicted molar refractivity (Wildman–Crippen MR) is 125 cm³/mol. The molecule has 0 spiro atoms. The summed E-state index contributed by atoms with van der Waals surface area (Å²) in [5.74, 6) is 0.525. The molecule has 1 saturated heterocycles. The number of rotatable bonds is 6. The highest BCUT2D eigenvalue weighted by Crippen LogP contribution is 2.25. The lowest BCUT2D eigenvalue weighted by Crippen LogP contribution is -2.46. The molecule has 2 aromatic heterocycles. The largest absolute Gasteiger partial charge is 0.368 e. The Kier molecular flexibility index (Phi) is 5.84. The predicted octanol–water partition coefficient (Wildman–Crippen LogP) is 2.72. The van der Waals surface area contributed by atoms with E-state index in [1.54, 1.807) is 29.3 Å². The molecule has 33 heavy (non-hydrogen) atoms. The average molecular weight is 446 g/mol. The van der Waals surface area contributed by atoms with Gasteiger partial charge in [-0.3, -0.25) is 4.79 Å². The van der Waals surface area contributed by atoms with Crippen molar-refractivity contribution in [2.24, 2.45) is 0 Å². The molecule has 0 aliphatic carbocycles. The van der Waals surface area contributed by atoms with Crippen LogP contribution < -0.4 is 15.1 Å². The standard InChI is InChI=1S/C24H24FN7O/c25-19-6-8-20(9-7-19)30-12-14-31(15-13-30)22-21-16-29-32(23(21)28-17-27-22)11-10-26-24(33)18-4-2-1-3-5-18/h1-9,16-17H,10-15H2,(H,26,33). The van der Waals surface area contributed by atoms with Crippen molar-refractivity contribution in [1.29, 1.82) is 0 Å². The molecule has 8 nitrogen and oxygen atoms in total. The van der Waals surface area contributed by atoms with Crippen molar-refractivity contribution in [3.8, 4) is 0 Å². The Balaban J connectivity index is 1.23. The van der Waals surface area contributed by atoms with Crippen molar-refractivity contribution < 1.29 is 9.18 Å². The molecule has 5 rings (SSSR count). The number of nitrogens with one attached hydrogen (secondary N) is 1. The van der Waals surface area contributed by atoms with E-state index in [4.69, 9.17) is 0 Å². The van der Waals surface area contributed by atoms with Gasteiger partial charge in [0, 0.05) is 44.0 Å². The molecule has 0 bridgehead atoms. The van der Waals surface area contributed by atoms with Crippen molar-refractivity contribution in [3.63, 3.8) is 0 Å². The highest BCUT2D eigenvalue weighted by atomic mass is 19.1. The van der Waals surface area contributed by atoms with E-state index in [0.29, 0.717) is 18.7 Å². The Bertz CT molecular complexity index is 1230. The third kappa shape index (κ3) is 4.48. The van der Waals surface area contributed by atoms with Gasteiger partial charge in [0.05, 0.1) is 18.1 Å². The smallest absolute Gasteiger partial charge is 0.251 e. The number of fused-ring (bicyclic) bond motifs is 1. The van der Waals surface area contributed by atoms with Crippen LogP contribution in [-0.4, -0.2) is 58.4 Å². The number of piperazine rings is 1. The number of carbonyl (C=O) groups excluding carboxylic acids is 1. The van der Waals surface area contributed by atoms with Crippen LogP contribution in [0.4, 0.5) is 15.9 Å². The van der Waals surface area contributed by atoms with Gasteiger partial charge in [-0.15, -0.1) is 0 Å². The highest BCUT2D eigenvalue weighted by Gasteiger charge is 2.21. The third-order valence-electron chi connectivity index (χ3n) is 5.83. The summed E-state index contributed by atoms with van der Waals surface area (Å²) in [6.07, 6.45) is 3.35. The Labute approximate surface area is 190 Å². The van der Waals surface area contributed by atoms with Crippen molar-refractivity contribution in [1.82, 2.24) is 25.1 Å². The van der Waals surface area contributed by atoms with Crippen LogP contribution in [0.2, 0.25) is 0 Å². The fourth-order valence-electron chi connectivity index (χ4n) is 4.09. The van der Waals surface area contributed by atoms with Crippen molar-refractivity contribution in [2.75, 3.05) is 42.5 Å². The lowest BCUT2D eigenvalue weighted by molar-refractivity contribution is 0.0952. The van der Waals surface area contributed by atoms with Gasteiger partial charge >= 0.3 is 0 Å². The number of halogens is 1. The van der Waals surface area contributed by atoms with Crippen molar-refractivity contribution in [2.45, 2.75) is 6.54 Å². The SMILES string of the molecule is O=C(NCCn1ncc2c(N3CCN(c4ccc(F)cc4)CC3)ncnc21)c1ccccc1. The minimum atomic E-state index is -0.225. The van der Waals surface area contributed by atoms with Crippen LogP contribution >= 0.6 is 0 Å². The van der Waals surface area contributed by atoms with Gasteiger partial charge in [0.2, 0.25) is 0 Å². The minimum Gasteiger partial charge on any atom is -0.368 e. The van der Waals surface area contributed by atoms with E-state index in [-0.39, 0.29) is 11.7 Å². The molecule has 1 aliphatic rings. The molecule has 0 saturated carbocycles. The van der Waals surface area contributed by atoms with Crippen LogP contribution in [0.1, 0.15) is 10.4 Å². The number of carbonyl (C=O) groups is 1. The second-order valence-corrected chi connectivity index (χ2v) is 7.87. The second-order valence-electron chi connectivity index (χ2n) is 7.87. The van der Waals surface area contributed by atoms with Crippen LogP contribution in [0.25, 0.3) is 11.0 Å². The molecule has 168 valence electrons. The summed E-state index contributed by atoms with van der Waals surface area (Å²) >= 11 is 0. The summed E-state index contributed by atoms with van der Waals surface area (Å²) in [5, 5.41) is 8.29. The lowest BCUT2D eigenvalue weighted by Gasteiger charge is -2.36. The van der Waals surface area contributed by atoms with E-state index in [1.165, 1.54) is 12.1 Å². The first-order valence-electron chi connectivity index (χ1n) is 10.9. The molecule has 0 atom stereocenters. The zero-order valence-electron chi connectivity index (χ0n) is 18.1. The molecule has 0 radical (unpaired) electrons. The monoisotopic (exact) mass is 445 g/mol. The summed E-state index contributed by atoms with van der Waals surface area (Å²) in [4.78, 5) is 25.7. The number of hydrogen-bond acceptors (Lipinski definition) is 6. The Morgan fingerprint density at radius 3 is 2.42 bits per heavy atom. The van der Waals surface area contributed by atoms with E-state index in [0.717, 1.165) is 48.7 Å². The minimum absolute atomic E-state index is 0.110. The van der Waals surface area contributed by atoms with Gasteiger partial charge in [0.15, 0.2) is 5.65 Å². The Hall–Kier alpha value is -4.01. The zero-order valence-corrected chi connectivity index (χ0v) is 18.1. The van der Waals surface area contributed by atoms with Crippen LogP contribution in [0, 0.1) is 5.82 Å². The molecule has 1 N–H and O–H groups in total. The lowest BCUT2D eigenvalue weighted by atomic mass is 10.2. The van der Waals surface area contributed by atoms with E-state index < -0.39 is 0 Å². The van der Waals surface area contributed by atoms with Gasteiger partial charge < -0.3 is 15.1 Å². The molecule has 1 aliphatic heterocycles. The maximum atomic E-state index is 13.2. The topological polar surface area (TPSA) is 79.2 Å². The Morgan fingerprint density at radius 1 is 0.939 bits per heavy atom. The second kappa shape index (κ2) is 9.23. The summed E-state index contributed by atoms with van der Waals surface area (Å²) in [6.45, 7) is 4.17. The number of amides is 1. The molecular formula is C24H24FN7O. The molecule has 0 unspecified atom stereocenters. The fraction of sp³-hybridized carbons (Fsp3) is 0.250. The van der Waals surface area contributed by atoms with Crippen molar-refractivity contribution in [3.05, 3.63) is 78.5 Å².